The number of nitrogens with two attached hydrogens (primary N) is 1. The van der Waals surface area contributed by atoms with Crippen molar-refractivity contribution in [3.05, 3.63) is 0 Å². The lowest BCUT2D eigenvalue weighted by Crippen LogP contribution is -2.51. The van der Waals surface area contributed by atoms with E-state index in [-0.39, 0.29) is 0 Å². The summed E-state index contributed by atoms with van der Waals surface area (Å²) in [6, 6.07) is 2.17. The van der Waals surface area contributed by atoms with Gasteiger partial charge in [-0.3, -0.25) is 4.90 Å². The van der Waals surface area contributed by atoms with Crippen molar-refractivity contribution in [1.29, 1.82) is 0 Å². The molecule has 3 N–H and O–H groups in total. The topological polar surface area (TPSA) is 44.5 Å². The van der Waals surface area contributed by atoms with Gasteiger partial charge in [0.1, 0.15) is 0 Å². The van der Waals surface area contributed by atoms with Crippen LogP contribution in [0.15, 0.2) is 0 Å². The minimum atomic E-state index is 0.620. The molecule has 0 aromatic rings. The van der Waals surface area contributed by atoms with Gasteiger partial charge in [-0.15, -0.1) is 0 Å². The van der Waals surface area contributed by atoms with Gasteiger partial charge in [-0.05, 0) is 38.8 Å². The molecule has 2 heterocycles. The number of hydrogen-bond donors (Lipinski definition) is 2. The van der Waals surface area contributed by atoms with Crippen LogP contribution in [0.4, 0.5) is 0 Å². The molecule has 0 unspecified atom stereocenters. The van der Waals surface area contributed by atoms with Gasteiger partial charge in [0.05, 0.1) is 0 Å². The van der Waals surface area contributed by atoms with Crippen LogP contribution in [0.25, 0.3) is 0 Å². The summed E-state index contributed by atoms with van der Waals surface area (Å²) in [6.07, 6.45) is 5.24. The van der Waals surface area contributed by atoms with Crippen LogP contribution in [0.3, 0.4) is 0 Å². The molecule has 2 fully saturated rings. The zero-order valence-electron chi connectivity index (χ0n) is 12.1. The Morgan fingerprint density at radius 2 is 1.67 bits per heavy atom. The summed E-state index contributed by atoms with van der Waals surface area (Å²) in [5, 5.41) is 3.67. The molecule has 0 aliphatic carbocycles. The highest BCUT2D eigenvalue weighted by Gasteiger charge is 2.27. The zero-order valence-corrected chi connectivity index (χ0v) is 12.1. The molecule has 106 valence electrons. The van der Waals surface area contributed by atoms with Crippen LogP contribution < -0.4 is 11.1 Å². The summed E-state index contributed by atoms with van der Waals surface area (Å²) in [4.78, 5) is 5.08. The Balaban J connectivity index is 1.70. The summed E-state index contributed by atoms with van der Waals surface area (Å²) in [5.41, 5.74) is 5.70. The standard InChI is InChI=1S/C14H30N4/c1-12(2)16-13-3-9-18(10-4-13)14-5-7-17(11-15)8-6-14/h12-14,16H,3-11,15H2,1-2H3. The lowest BCUT2D eigenvalue weighted by molar-refractivity contribution is 0.0836. The van der Waals surface area contributed by atoms with Crippen molar-refractivity contribution >= 4 is 0 Å². The van der Waals surface area contributed by atoms with E-state index in [0.717, 1.165) is 18.8 Å². The molecular weight excluding hydrogens is 224 g/mol. The molecule has 2 rings (SSSR count). The third-order valence-corrected chi connectivity index (χ3v) is 4.43. The summed E-state index contributed by atoms with van der Waals surface area (Å²) >= 11 is 0. The maximum absolute atomic E-state index is 5.70. The first-order valence-corrected chi connectivity index (χ1v) is 7.61. The van der Waals surface area contributed by atoms with E-state index in [4.69, 9.17) is 5.73 Å². The molecule has 0 bridgehead atoms. The van der Waals surface area contributed by atoms with Crippen molar-refractivity contribution in [2.24, 2.45) is 5.73 Å². The quantitative estimate of drug-likeness (QED) is 0.780. The number of likely N-dealkylation sites (tertiary alicyclic amines) is 2. The SMILES string of the molecule is CC(C)NC1CCN(C2CCN(CN)CC2)CC1. The number of piperidine rings is 2. The van der Waals surface area contributed by atoms with Crippen molar-refractivity contribution in [2.45, 2.75) is 57.7 Å². The lowest BCUT2D eigenvalue weighted by atomic mass is 9.97. The number of rotatable bonds is 4. The summed E-state index contributed by atoms with van der Waals surface area (Å²) < 4.78 is 0. The lowest BCUT2D eigenvalue weighted by Gasteiger charge is -2.42. The minimum absolute atomic E-state index is 0.620. The highest BCUT2D eigenvalue weighted by molar-refractivity contribution is 4.85. The summed E-state index contributed by atoms with van der Waals surface area (Å²) in [6.45, 7) is 10.1. The number of nitrogens with zero attached hydrogens (tertiary/aromatic N) is 2. The summed E-state index contributed by atoms with van der Waals surface area (Å²) in [5.74, 6) is 0. The third kappa shape index (κ3) is 3.92. The molecule has 0 aromatic heterocycles. The fraction of sp³-hybridized carbons (Fsp3) is 1.00. The van der Waals surface area contributed by atoms with Gasteiger partial charge in [0.25, 0.3) is 0 Å². The monoisotopic (exact) mass is 254 g/mol. The Morgan fingerprint density at radius 1 is 1.06 bits per heavy atom. The highest BCUT2D eigenvalue weighted by Crippen LogP contribution is 2.20. The Labute approximate surface area is 112 Å². The third-order valence-electron chi connectivity index (χ3n) is 4.43. The molecule has 2 aliphatic heterocycles. The van der Waals surface area contributed by atoms with E-state index < -0.39 is 0 Å². The van der Waals surface area contributed by atoms with Gasteiger partial charge in [0, 0.05) is 37.9 Å². The second-order valence-electron chi connectivity index (χ2n) is 6.16. The molecule has 0 atom stereocenters. The predicted molar refractivity (Wildman–Crippen MR) is 76.5 cm³/mol. The maximum Gasteiger partial charge on any atom is 0.0455 e. The Morgan fingerprint density at radius 3 is 2.17 bits per heavy atom. The Hall–Kier alpha value is -0.160. The van der Waals surface area contributed by atoms with Gasteiger partial charge in [-0.25, -0.2) is 0 Å². The van der Waals surface area contributed by atoms with Crippen LogP contribution in [0, 0.1) is 0 Å². The molecule has 0 aromatic carbocycles. The molecule has 0 amide bonds. The van der Waals surface area contributed by atoms with Crippen molar-refractivity contribution in [2.75, 3.05) is 32.8 Å². The molecule has 0 radical (unpaired) electrons. The van der Waals surface area contributed by atoms with E-state index >= 15 is 0 Å². The Kier molecular flexibility index (Phi) is 5.42. The van der Waals surface area contributed by atoms with Gasteiger partial charge in [0.15, 0.2) is 0 Å². The van der Waals surface area contributed by atoms with Gasteiger partial charge in [-0.1, -0.05) is 13.8 Å². The van der Waals surface area contributed by atoms with Crippen molar-refractivity contribution < 1.29 is 0 Å². The van der Waals surface area contributed by atoms with Crippen LogP contribution in [-0.4, -0.2) is 60.8 Å². The van der Waals surface area contributed by atoms with E-state index in [1.807, 2.05) is 0 Å². The van der Waals surface area contributed by atoms with E-state index in [0.29, 0.717) is 6.04 Å². The molecule has 2 saturated heterocycles. The van der Waals surface area contributed by atoms with Gasteiger partial charge in [0.2, 0.25) is 0 Å². The second kappa shape index (κ2) is 6.85. The zero-order chi connectivity index (χ0) is 13.0. The molecule has 4 nitrogen and oxygen atoms in total. The smallest absolute Gasteiger partial charge is 0.0455 e. The average Bonchev–Trinajstić information content (AvgIpc) is 2.39. The molecule has 0 spiro atoms. The van der Waals surface area contributed by atoms with Crippen LogP contribution in [-0.2, 0) is 0 Å². The van der Waals surface area contributed by atoms with Crippen LogP contribution >= 0.6 is 0 Å². The maximum atomic E-state index is 5.70. The van der Waals surface area contributed by atoms with Crippen LogP contribution in [0.5, 0.6) is 0 Å². The second-order valence-corrected chi connectivity index (χ2v) is 6.16. The molecular formula is C14H30N4. The Bertz CT molecular complexity index is 228. The predicted octanol–water partition coefficient (Wildman–Crippen LogP) is 0.829. The molecule has 4 heteroatoms. The first kappa shape index (κ1) is 14.3. The van der Waals surface area contributed by atoms with E-state index in [9.17, 15) is 0 Å². The fourth-order valence-corrected chi connectivity index (χ4v) is 3.37. The molecule has 0 saturated carbocycles. The van der Waals surface area contributed by atoms with Gasteiger partial charge < -0.3 is 16.0 Å². The van der Waals surface area contributed by atoms with Crippen molar-refractivity contribution in [1.82, 2.24) is 15.1 Å². The highest BCUT2D eigenvalue weighted by atomic mass is 15.2. The minimum Gasteiger partial charge on any atom is -0.318 e. The van der Waals surface area contributed by atoms with Gasteiger partial charge >= 0.3 is 0 Å². The average molecular weight is 254 g/mol. The number of nitrogens with one attached hydrogen (secondary N) is 1. The fourth-order valence-electron chi connectivity index (χ4n) is 3.37. The van der Waals surface area contributed by atoms with Crippen molar-refractivity contribution in [3.8, 4) is 0 Å². The van der Waals surface area contributed by atoms with Gasteiger partial charge in [-0.2, -0.15) is 0 Å². The van der Waals surface area contributed by atoms with Crippen LogP contribution in [0.2, 0.25) is 0 Å². The largest absolute Gasteiger partial charge is 0.318 e. The van der Waals surface area contributed by atoms with E-state index in [1.54, 1.807) is 0 Å². The first-order valence-electron chi connectivity index (χ1n) is 7.61. The normalized spacial score (nSPS) is 26.0. The van der Waals surface area contributed by atoms with E-state index in [2.05, 4.69) is 29.0 Å². The number of hydrogen-bond acceptors (Lipinski definition) is 4. The first-order chi connectivity index (χ1) is 8.69. The molecule has 2 aliphatic rings. The van der Waals surface area contributed by atoms with Crippen molar-refractivity contribution in [3.63, 3.8) is 0 Å². The van der Waals surface area contributed by atoms with Crippen LogP contribution in [0.1, 0.15) is 39.5 Å². The molecule has 18 heavy (non-hydrogen) atoms. The van der Waals surface area contributed by atoms with E-state index in [1.165, 1.54) is 51.9 Å². The summed E-state index contributed by atoms with van der Waals surface area (Å²) in [7, 11) is 0.